The normalized spacial score (nSPS) is 25.1. The van der Waals surface area contributed by atoms with E-state index in [1.807, 2.05) is 0 Å². The first-order valence-electron chi connectivity index (χ1n) is 14.7. The van der Waals surface area contributed by atoms with E-state index in [-0.39, 0.29) is 11.9 Å². The molecule has 0 atom stereocenters. The van der Waals surface area contributed by atoms with E-state index in [0.29, 0.717) is 24.7 Å². The molecule has 2 saturated carbocycles. The maximum Gasteiger partial charge on any atom is 0.339 e. The number of ether oxygens (including phenoxy) is 3. The van der Waals surface area contributed by atoms with Crippen LogP contribution in [-0.4, -0.2) is 30.8 Å². The van der Waals surface area contributed by atoms with Crippen molar-refractivity contribution in [2.24, 2.45) is 17.8 Å². The van der Waals surface area contributed by atoms with E-state index in [0.717, 1.165) is 69.0 Å². The number of esters is 2. The van der Waals surface area contributed by atoms with Crippen LogP contribution in [0.2, 0.25) is 0 Å². The van der Waals surface area contributed by atoms with Crippen molar-refractivity contribution in [3.63, 3.8) is 0 Å². The Labute approximate surface area is 229 Å². The number of unbranched alkanes of at least 4 members (excludes halogenated alkanes) is 3. The molecule has 5 nitrogen and oxygen atoms in total. The Bertz CT molecular complexity index is 912. The van der Waals surface area contributed by atoms with Gasteiger partial charge in [-0.3, -0.25) is 0 Å². The number of terminal acetylenes is 1. The van der Waals surface area contributed by atoms with Crippen LogP contribution in [0.1, 0.15) is 107 Å². The molecule has 0 unspecified atom stereocenters. The van der Waals surface area contributed by atoms with Crippen LogP contribution >= 0.6 is 0 Å². The van der Waals surface area contributed by atoms with Crippen LogP contribution in [0.15, 0.2) is 36.9 Å². The van der Waals surface area contributed by atoms with Crippen molar-refractivity contribution in [1.82, 2.24) is 0 Å². The molecule has 0 aliphatic heterocycles. The fraction of sp³-hybridized carbons (Fsp3) is 0.636. The highest BCUT2D eigenvalue weighted by Crippen LogP contribution is 2.44. The molecule has 0 bridgehead atoms. The van der Waals surface area contributed by atoms with Crippen LogP contribution in [0.5, 0.6) is 5.75 Å². The summed E-state index contributed by atoms with van der Waals surface area (Å²) in [6, 6.07) is 7.10. The number of carbonyl (C=O) groups is 2. The predicted octanol–water partition coefficient (Wildman–Crippen LogP) is 7.68. The Hall–Kier alpha value is -2.74. The molecule has 0 aromatic heterocycles. The summed E-state index contributed by atoms with van der Waals surface area (Å²) >= 11 is 0. The molecule has 1 aromatic carbocycles. The average Bonchev–Trinajstić information content (AvgIpc) is 2.95. The van der Waals surface area contributed by atoms with Crippen molar-refractivity contribution >= 4 is 11.9 Å². The van der Waals surface area contributed by atoms with Crippen molar-refractivity contribution in [2.45, 2.75) is 102 Å². The fourth-order valence-electron chi connectivity index (χ4n) is 6.11. The molecule has 2 fully saturated rings. The smallest absolute Gasteiger partial charge is 0.339 e. The van der Waals surface area contributed by atoms with Gasteiger partial charge in [-0.05, 0) is 106 Å². The van der Waals surface area contributed by atoms with Crippen LogP contribution in [0.3, 0.4) is 0 Å². The zero-order chi connectivity index (χ0) is 27.2. The van der Waals surface area contributed by atoms with Crippen LogP contribution in [-0.2, 0) is 14.3 Å². The summed E-state index contributed by atoms with van der Waals surface area (Å²) in [5.41, 5.74) is -0.288. The van der Waals surface area contributed by atoms with E-state index in [2.05, 4.69) is 19.4 Å². The highest BCUT2D eigenvalue weighted by Gasteiger charge is 2.40. The van der Waals surface area contributed by atoms with E-state index in [1.54, 1.807) is 24.3 Å². The van der Waals surface area contributed by atoms with Gasteiger partial charge in [-0.1, -0.05) is 45.1 Å². The van der Waals surface area contributed by atoms with Crippen molar-refractivity contribution in [3.8, 4) is 18.1 Å². The second-order valence-electron chi connectivity index (χ2n) is 11.1. The predicted molar refractivity (Wildman–Crippen MR) is 151 cm³/mol. The van der Waals surface area contributed by atoms with Crippen LogP contribution < -0.4 is 4.74 Å². The molecular weight excluding hydrogens is 476 g/mol. The van der Waals surface area contributed by atoms with Gasteiger partial charge in [0.2, 0.25) is 0 Å². The molecule has 38 heavy (non-hydrogen) atoms. The van der Waals surface area contributed by atoms with E-state index in [1.165, 1.54) is 44.6 Å². The van der Waals surface area contributed by atoms with Crippen LogP contribution in [0, 0.1) is 30.1 Å². The lowest BCUT2D eigenvalue weighted by molar-refractivity contribution is -0.137. The van der Waals surface area contributed by atoms with Gasteiger partial charge < -0.3 is 14.2 Å². The molecule has 0 spiro atoms. The van der Waals surface area contributed by atoms with Crippen LogP contribution in [0.4, 0.5) is 0 Å². The largest absolute Gasteiger partial charge is 0.494 e. The zero-order valence-electron chi connectivity index (χ0n) is 23.3. The molecule has 3 rings (SSSR count). The first kappa shape index (κ1) is 29.8. The Morgan fingerprint density at radius 3 is 2.21 bits per heavy atom. The SMILES string of the molecule is C#CC1(OC(=O)c2ccc(OCCCCCCOC(=O)C=C)cc2)CCC(C2CCC(CCC)CC2)CC1. The second kappa shape index (κ2) is 15.6. The number of hydrogen-bond acceptors (Lipinski definition) is 5. The van der Waals surface area contributed by atoms with Gasteiger partial charge in [-0.2, -0.15) is 0 Å². The Morgan fingerprint density at radius 2 is 1.61 bits per heavy atom. The van der Waals surface area contributed by atoms with Crippen LogP contribution in [0.25, 0.3) is 0 Å². The van der Waals surface area contributed by atoms with E-state index in [9.17, 15) is 9.59 Å². The molecular formula is C33H46O5. The molecule has 2 aliphatic carbocycles. The molecule has 2 aliphatic rings. The minimum Gasteiger partial charge on any atom is -0.494 e. The van der Waals surface area contributed by atoms with Gasteiger partial charge in [0.15, 0.2) is 5.60 Å². The molecule has 0 saturated heterocycles. The second-order valence-corrected chi connectivity index (χ2v) is 11.1. The Kier molecular flexibility index (Phi) is 12.3. The molecule has 208 valence electrons. The third kappa shape index (κ3) is 9.22. The summed E-state index contributed by atoms with van der Waals surface area (Å²) in [6.07, 6.45) is 22.5. The highest BCUT2D eigenvalue weighted by molar-refractivity contribution is 5.90. The monoisotopic (exact) mass is 522 g/mol. The maximum absolute atomic E-state index is 12.9. The first-order valence-corrected chi connectivity index (χ1v) is 14.7. The topological polar surface area (TPSA) is 61.8 Å². The Balaban J connectivity index is 1.36. The molecule has 5 heteroatoms. The number of hydrogen-bond donors (Lipinski definition) is 0. The molecule has 0 heterocycles. The van der Waals surface area contributed by atoms with Crippen molar-refractivity contribution in [2.75, 3.05) is 13.2 Å². The van der Waals surface area contributed by atoms with Crippen molar-refractivity contribution in [1.29, 1.82) is 0 Å². The summed E-state index contributed by atoms with van der Waals surface area (Å²) in [7, 11) is 0. The average molecular weight is 523 g/mol. The molecule has 0 amide bonds. The van der Waals surface area contributed by atoms with E-state index >= 15 is 0 Å². The lowest BCUT2D eigenvalue weighted by atomic mass is 9.68. The third-order valence-electron chi connectivity index (χ3n) is 8.45. The quantitative estimate of drug-likeness (QED) is 0.109. The first-order chi connectivity index (χ1) is 18.5. The summed E-state index contributed by atoms with van der Waals surface area (Å²) < 4.78 is 16.7. The summed E-state index contributed by atoms with van der Waals surface area (Å²) in [5, 5.41) is 0. The standard InChI is InChI=1S/C33H46O5/c1-4-11-26-12-14-27(15-13-26)28-20-22-33(6-3,23-21-28)38-32(35)29-16-18-30(19-17-29)36-24-9-7-8-10-25-37-31(34)5-2/h3,5,16-19,26-28H,2,4,7-15,20-25H2,1H3. The van der Waals surface area contributed by atoms with Gasteiger partial charge in [-0.15, -0.1) is 6.42 Å². The number of rotatable bonds is 14. The van der Waals surface area contributed by atoms with Gasteiger partial charge in [0, 0.05) is 6.08 Å². The van der Waals surface area contributed by atoms with E-state index in [4.69, 9.17) is 20.6 Å². The van der Waals surface area contributed by atoms with Crippen molar-refractivity contribution < 1.29 is 23.8 Å². The zero-order valence-corrected chi connectivity index (χ0v) is 23.3. The minimum absolute atomic E-state index is 0.356. The molecule has 0 radical (unpaired) electrons. The summed E-state index contributed by atoms with van der Waals surface area (Å²) in [5.74, 6) is 5.28. The lowest BCUT2D eigenvalue weighted by Gasteiger charge is -2.41. The highest BCUT2D eigenvalue weighted by atomic mass is 16.6. The molecule has 0 N–H and O–H groups in total. The van der Waals surface area contributed by atoms with Gasteiger partial charge in [0.1, 0.15) is 5.75 Å². The molecule has 1 aromatic rings. The van der Waals surface area contributed by atoms with Gasteiger partial charge in [0.05, 0.1) is 18.8 Å². The fourth-order valence-corrected chi connectivity index (χ4v) is 6.11. The van der Waals surface area contributed by atoms with E-state index < -0.39 is 5.60 Å². The lowest BCUT2D eigenvalue weighted by Crippen LogP contribution is -2.39. The van der Waals surface area contributed by atoms with Crippen molar-refractivity contribution in [3.05, 3.63) is 42.5 Å². The van der Waals surface area contributed by atoms with Gasteiger partial charge in [0.25, 0.3) is 0 Å². The number of benzene rings is 1. The minimum atomic E-state index is -0.786. The van der Waals surface area contributed by atoms with Gasteiger partial charge in [-0.25, -0.2) is 9.59 Å². The summed E-state index contributed by atoms with van der Waals surface area (Å²) in [6.45, 7) is 6.68. The maximum atomic E-state index is 12.9. The number of carbonyl (C=O) groups excluding carboxylic acids is 2. The third-order valence-corrected chi connectivity index (χ3v) is 8.45. The Morgan fingerprint density at radius 1 is 0.974 bits per heavy atom. The summed E-state index contributed by atoms with van der Waals surface area (Å²) in [4.78, 5) is 23.9. The van der Waals surface area contributed by atoms with Gasteiger partial charge >= 0.3 is 11.9 Å².